The predicted octanol–water partition coefficient (Wildman–Crippen LogP) is 4.19. The van der Waals surface area contributed by atoms with E-state index in [-0.39, 0.29) is 11.6 Å². The van der Waals surface area contributed by atoms with Gasteiger partial charge in [-0.05, 0) is 51.3 Å². The summed E-state index contributed by atoms with van der Waals surface area (Å²) in [5.41, 5.74) is 1.02. The number of likely N-dealkylation sites (tertiary alicyclic amines) is 1. The number of hydrogen-bond donors (Lipinski definition) is 1. The maximum absolute atomic E-state index is 11.9. The normalized spacial score (nSPS) is 19.9. The summed E-state index contributed by atoms with van der Waals surface area (Å²) in [6, 6.07) is 20.3. The molecule has 3 rings (SSSR count). The van der Waals surface area contributed by atoms with E-state index < -0.39 is 5.60 Å². The van der Waals surface area contributed by atoms with Gasteiger partial charge in [-0.1, -0.05) is 60.7 Å². The Morgan fingerprint density at radius 3 is 1.78 bits per heavy atom. The fourth-order valence-corrected chi connectivity index (χ4v) is 3.94. The van der Waals surface area contributed by atoms with Crippen molar-refractivity contribution in [1.82, 2.24) is 4.90 Å². The van der Waals surface area contributed by atoms with Gasteiger partial charge < -0.3 is 5.11 Å². The van der Waals surface area contributed by atoms with Gasteiger partial charge in [-0.2, -0.15) is 0 Å². The van der Waals surface area contributed by atoms with Crippen LogP contribution in [0, 0.1) is 0 Å². The van der Waals surface area contributed by atoms with E-state index in [0.29, 0.717) is 0 Å². The predicted molar refractivity (Wildman–Crippen MR) is 95.4 cm³/mol. The zero-order valence-corrected chi connectivity index (χ0v) is 14.4. The third-order valence-corrected chi connectivity index (χ3v) is 5.02. The lowest BCUT2D eigenvalue weighted by Gasteiger charge is -2.45. The smallest absolute Gasteiger partial charge is 0.130 e. The van der Waals surface area contributed by atoms with Gasteiger partial charge >= 0.3 is 0 Å². The molecule has 1 aliphatic rings. The van der Waals surface area contributed by atoms with Crippen LogP contribution in [-0.2, 0) is 5.60 Å². The highest BCUT2D eigenvalue weighted by Crippen LogP contribution is 2.42. The molecule has 0 unspecified atom stereocenters. The van der Waals surface area contributed by atoms with Crippen LogP contribution in [0.4, 0.5) is 0 Å². The molecule has 0 spiro atoms. The standard InChI is InChI=1S/C21H27NO/c1-20(2,3)22-16-10-15-19(22)21(23,17-11-6-4-7-12-17)18-13-8-5-9-14-18/h4-9,11-14,19,23H,10,15-16H2,1-3H3/t19-/m0/s1. The largest absolute Gasteiger partial charge is 0.379 e. The second-order valence-corrected chi connectivity index (χ2v) is 7.52. The molecule has 0 aromatic heterocycles. The molecule has 23 heavy (non-hydrogen) atoms. The first kappa shape index (κ1) is 16.2. The molecule has 1 aliphatic heterocycles. The molecule has 2 heteroatoms. The minimum atomic E-state index is -0.980. The van der Waals surface area contributed by atoms with E-state index in [1.54, 1.807) is 0 Å². The van der Waals surface area contributed by atoms with E-state index in [0.717, 1.165) is 30.5 Å². The fraction of sp³-hybridized carbons (Fsp3) is 0.429. The zero-order valence-electron chi connectivity index (χ0n) is 14.4. The highest BCUT2D eigenvalue weighted by molar-refractivity contribution is 5.38. The van der Waals surface area contributed by atoms with Gasteiger partial charge in [0, 0.05) is 11.6 Å². The molecule has 0 saturated carbocycles. The van der Waals surface area contributed by atoms with Crippen LogP contribution < -0.4 is 0 Å². The highest BCUT2D eigenvalue weighted by Gasteiger charge is 2.48. The Morgan fingerprint density at radius 2 is 1.35 bits per heavy atom. The topological polar surface area (TPSA) is 23.5 Å². The summed E-state index contributed by atoms with van der Waals surface area (Å²) >= 11 is 0. The SMILES string of the molecule is CC(C)(C)N1CCC[C@H]1C(O)(c1ccccc1)c1ccccc1. The summed E-state index contributed by atoms with van der Waals surface area (Å²) < 4.78 is 0. The molecule has 2 aromatic carbocycles. The summed E-state index contributed by atoms with van der Waals surface area (Å²) in [4.78, 5) is 2.47. The molecule has 0 bridgehead atoms. The second kappa shape index (κ2) is 6.10. The van der Waals surface area contributed by atoms with E-state index in [4.69, 9.17) is 0 Å². The molecule has 2 nitrogen and oxygen atoms in total. The molecular formula is C21H27NO. The molecule has 0 radical (unpaired) electrons. The Kier molecular flexibility index (Phi) is 4.31. The van der Waals surface area contributed by atoms with Crippen molar-refractivity contribution in [3.05, 3.63) is 71.8 Å². The lowest BCUT2D eigenvalue weighted by molar-refractivity contribution is -0.0339. The summed E-state index contributed by atoms with van der Waals surface area (Å²) in [5, 5.41) is 11.9. The first-order chi connectivity index (χ1) is 10.9. The Morgan fingerprint density at radius 1 is 0.870 bits per heavy atom. The molecule has 1 fully saturated rings. The molecule has 1 saturated heterocycles. The Balaban J connectivity index is 2.13. The van der Waals surface area contributed by atoms with Crippen molar-refractivity contribution in [2.24, 2.45) is 0 Å². The molecule has 122 valence electrons. The first-order valence-electron chi connectivity index (χ1n) is 8.54. The maximum atomic E-state index is 11.9. The maximum Gasteiger partial charge on any atom is 0.130 e. The molecule has 0 aliphatic carbocycles. The molecule has 0 amide bonds. The van der Waals surface area contributed by atoms with Crippen LogP contribution in [-0.4, -0.2) is 28.1 Å². The Bertz CT molecular complexity index is 590. The minimum absolute atomic E-state index is 0.0404. The van der Waals surface area contributed by atoms with Gasteiger partial charge in [-0.25, -0.2) is 0 Å². The first-order valence-corrected chi connectivity index (χ1v) is 8.54. The lowest BCUT2D eigenvalue weighted by atomic mass is 9.78. The van der Waals surface area contributed by atoms with Crippen molar-refractivity contribution in [3.8, 4) is 0 Å². The van der Waals surface area contributed by atoms with E-state index in [9.17, 15) is 5.11 Å². The Labute approximate surface area is 139 Å². The monoisotopic (exact) mass is 309 g/mol. The molecule has 1 N–H and O–H groups in total. The van der Waals surface area contributed by atoms with E-state index in [2.05, 4.69) is 25.7 Å². The van der Waals surface area contributed by atoms with Gasteiger partial charge in [0.15, 0.2) is 0 Å². The molecule has 1 atom stereocenters. The average Bonchev–Trinajstić information content (AvgIpc) is 3.06. The van der Waals surface area contributed by atoms with Crippen LogP contribution in [0.15, 0.2) is 60.7 Å². The minimum Gasteiger partial charge on any atom is -0.379 e. The van der Waals surface area contributed by atoms with E-state index in [1.165, 1.54) is 0 Å². The van der Waals surface area contributed by atoms with Crippen LogP contribution in [0.2, 0.25) is 0 Å². The molecular weight excluding hydrogens is 282 g/mol. The zero-order chi connectivity index (χ0) is 16.5. The average molecular weight is 309 g/mol. The lowest BCUT2D eigenvalue weighted by Crippen LogP contribution is -2.54. The fourth-order valence-electron chi connectivity index (χ4n) is 3.94. The number of benzene rings is 2. The molecule has 1 heterocycles. The van der Waals surface area contributed by atoms with Gasteiger partial charge in [-0.15, -0.1) is 0 Å². The summed E-state index contributed by atoms with van der Waals surface area (Å²) in [6.45, 7) is 7.75. The van der Waals surface area contributed by atoms with Gasteiger partial charge in [0.2, 0.25) is 0 Å². The summed E-state index contributed by atoms with van der Waals surface area (Å²) in [5.74, 6) is 0. The number of hydrogen-bond acceptors (Lipinski definition) is 2. The number of rotatable bonds is 3. The number of nitrogens with zero attached hydrogens (tertiary/aromatic N) is 1. The quantitative estimate of drug-likeness (QED) is 0.919. The highest BCUT2D eigenvalue weighted by atomic mass is 16.3. The molecule has 2 aromatic rings. The van der Waals surface area contributed by atoms with E-state index >= 15 is 0 Å². The van der Waals surface area contributed by atoms with Gasteiger partial charge in [-0.3, -0.25) is 4.90 Å². The van der Waals surface area contributed by atoms with Gasteiger partial charge in [0.25, 0.3) is 0 Å². The van der Waals surface area contributed by atoms with Crippen molar-refractivity contribution in [2.45, 2.75) is 50.8 Å². The summed E-state index contributed by atoms with van der Waals surface area (Å²) in [6.07, 6.45) is 2.14. The second-order valence-electron chi connectivity index (χ2n) is 7.52. The third-order valence-electron chi connectivity index (χ3n) is 5.02. The van der Waals surface area contributed by atoms with Crippen LogP contribution in [0.5, 0.6) is 0 Å². The summed E-state index contributed by atoms with van der Waals surface area (Å²) in [7, 11) is 0. The van der Waals surface area contributed by atoms with Crippen molar-refractivity contribution >= 4 is 0 Å². The van der Waals surface area contributed by atoms with Crippen molar-refractivity contribution < 1.29 is 5.11 Å². The van der Waals surface area contributed by atoms with E-state index in [1.807, 2.05) is 60.7 Å². The van der Waals surface area contributed by atoms with Gasteiger partial charge in [0.05, 0.1) is 0 Å². The van der Waals surface area contributed by atoms with Crippen LogP contribution in [0.1, 0.15) is 44.7 Å². The number of aliphatic hydroxyl groups is 1. The third kappa shape index (κ3) is 2.93. The Hall–Kier alpha value is -1.64. The van der Waals surface area contributed by atoms with Gasteiger partial charge in [0.1, 0.15) is 5.60 Å². The van der Waals surface area contributed by atoms with Crippen molar-refractivity contribution in [2.75, 3.05) is 6.54 Å². The van der Waals surface area contributed by atoms with Crippen LogP contribution in [0.3, 0.4) is 0 Å². The van der Waals surface area contributed by atoms with Crippen molar-refractivity contribution in [3.63, 3.8) is 0 Å². The van der Waals surface area contributed by atoms with Crippen LogP contribution >= 0.6 is 0 Å². The van der Waals surface area contributed by atoms with Crippen LogP contribution in [0.25, 0.3) is 0 Å². The van der Waals surface area contributed by atoms with Crippen molar-refractivity contribution in [1.29, 1.82) is 0 Å².